The third-order valence-electron chi connectivity index (χ3n) is 3.43. The second kappa shape index (κ2) is 6.80. The molecule has 0 spiro atoms. The first-order chi connectivity index (χ1) is 9.20. The van der Waals surface area contributed by atoms with Crippen LogP contribution in [0.15, 0.2) is 29.2 Å². The minimum absolute atomic E-state index is 0.0421. The number of anilines is 1. The highest BCUT2D eigenvalue weighted by Crippen LogP contribution is 2.20. The van der Waals surface area contributed by atoms with Gasteiger partial charge in [0.15, 0.2) is 0 Å². The Balaban J connectivity index is 2.09. The Hall–Kier alpha value is -1.23. The average Bonchev–Trinajstić information content (AvgIpc) is 2.41. The highest BCUT2D eigenvalue weighted by atomic mass is 32.1. The van der Waals surface area contributed by atoms with Crippen molar-refractivity contribution in [2.75, 3.05) is 23.7 Å². The van der Waals surface area contributed by atoms with Crippen LogP contribution in [-0.2, 0) is 6.54 Å². The summed E-state index contributed by atoms with van der Waals surface area (Å²) in [6.07, 6.45) is 8.08. The number of rotatable bonds is 4. The molecule has 1 aliphatic heterocycles. The summed E-state index contributed by atoms with van der Waals surface area (Å²) >= 11 is 4.09. The average molecular weight is 279 g/mol. The molecule has 1 aromatic heterocycles. The van der Waals surface area contributed by atoms with Crippen LogP contribution in [0.5, 0.6) is 0 Å². The van der Waals surface area contributed by atoms with E-state index < -0.39 is 0 Å². The van der Waals surface area contributed by atoms with Crippen LogP contribution in [0.1, 0.15) is 19.8 Å². The van der Waals surface area contributed by atoms with Gasteiger partial charge in [-0.25, -0.2) is 4.68 Å². The van der Waals surface area contributed by atoms with E-state index >= 15 is 0 Å². The molecule has 0 amide bonds. The van der Waals surface area contributed by atoms with E-state index in [-0.39, 0.29) is 5.56 Å². The smallest absolute Gasteiger partial charge is 0.269 e. The first kappa shape index (κ1) is 14.2. The Morgan fingerprint density at radius 2 is 2.37 bits per heavy atom. The molecule has 0 bridgehead atoms. The second-order valence-electron chi connectivity index (χ2n) is 5.08. The Labute approximate surface area is 119 Å². The molecule has 0 radical (unpaired) electrons. The minimum atomic E-state index is -0.0421. The lowest BCUT2D eigenvalue weighted by Gasteiger charge is -2.32. The van der Waals surface area contributed by atoms with E-state index in [1.807, 2.05) is 12.2 Å². The molecule has 4 nitrogen and oxygen atoms in total. The molecule has 1 aromatic rings. The predicted molar refractivity (Wildman–Crippen MR) is 82.1 cm³/mol. The zero-order valence-corrected chi connectivity index (χ0v) is 12.2. The third kappa shape index (κ3) is 3.86. The summed E-state index contributed by atoms with van der Waals surface area (Å²) in [6, 6.07) is 1.69. The first-order valence-electron chi connectivity index (χ1n) is 6.78. The number of piperidine rings is 1. The number of allylic oxidation sites excluding steroid dienone is 1. The zero-order chi connectivity index (χ0) is 13.7. The normalized spacial score (nSPS) is 20.1. The van der Waals surface area contributed by atoms with Gasteiger partial charge in [0.1, 0.15) is 0 Å². The van der Waals surface area contributed by atoms with Gasteiger partial charge in [-0.1, -0.05) is 19.1 Å². The summed E-state index contributed by atoms with van der Waals surface area (Å²) in [5, 5.41) is 4.24. The lowest BCUT2D eigenvalue weighted by atomic mass is 10.00. The molecule has 0 saturated carbocycles. The zero-order valence-electron chi connectivity index (χ0n) is 11.3. The van der Waals surface area contributed by atoms with Crippen molar-refractivity contribution in [2.45, 2.75) is 26.3 Å². The Kier molecular flexibility index (Phi) is 5.07. The van der Waals surface area contributed by atoms with Crippen molar-refractivity contribution >= 4 is 18.3 Å². The molecule has 0 N–H and O–H groups in total. The molecule has 104 valence electrons. The van der Waals surface area contributed by atoms with Crippen molar-refractivity contribution in [1.29, 1.82) is 0 Å². The predicted octanol–water partition coefficient (Wildman–Crippen LogP) is 1.97. The van der Waals surface area contributed by atoms with Gasteiger partial charge in [0.05, 0.1) is 18.4 Å². The standard InChI is InChI=1S/C14H21N3OS/c1-12-5-4-6-16(11-12)13-9-14(18)17(15-10-13)7-2-3-8-19/h2-3,9-10,12,19H,4-8,11H2,1H3/b3-2+. The van der Waals surface area contributed by atoms with Crippen molar-refractivity contribution < 1.29 is 0 Å². The molecule has 1 saturated heterocycles. The van der Waals surface area contributed by atoms with Crippen LogP contribution >= 0.6 is 12.6 Å². The van der Waals surface area contributed by atoms with E-state index in [9.17, 15) is 4.79 Å². The van der Waals surface area contributed by atoms with Gasteiger partial charge in [0.2, 0.25) is 0 Å². The Bertz CT molecular complexity index is 498. The molecule has 1 unspecified atom stereocenters. The molecular weight excluding hydrogens is 258 g/mol. The summed E-state index contributed by atoms with van der Waals surface area (Å²) in [4.78, 5) is 14.2. The fourth-order valence-electron chi connectivity index (χ4n) is 2.41. The van der Waals surface area contributed by atoms with Crippen LogP contribution in [0, 0.1) is 5.92 Å². The van der Waals surface area contributed by atoms with Crippen molar-refractivity contribution in [1.82, 2.24) is 9.78 Å². The van der Waals surface area contributed by atoms with Gasteiger partial charge >= 0.3 is 0 Å². The maximum atomic E-state index is 12.0. The van der Waals surface area contributed by atoms with E-state index in [4.69, 9.17) is 0 Å². The van der Waals surface area contributed by atoms with Crippen LogP contribution in [0.2, 0.25) is 0 Å². The van der Waals surface area contributed by atoms with Crippen LogP contribution in [0.25, 0.3) is 0 Å². The second-order valence-corrected chi connectivity index (χ2v) is 5.45. The topological polar surface area (TPSA) is 38.1 Å². The molecule has 0 aromatic carbocycles. The summed E-state index contributed by atoms with van der Waals surface area (Å²) in [6.45, 7) is 4.80. The van der Waals surface area contributed by atoms with Gasteiger partial charge < -0.3 is 4.90 Å². The maximum absolute atomic E-state index is 12.0. The molecule has 19 heavy (non-hydrogen) atoms. The van der Waals surface area contributed by atoms with E-state index in [0.717, 1.165) is 18.8 Å². The van der Waals surface area contributed by atoms with Crippen LogP contribution < -0.4 is 10.5 Å². The summed E-state index contributed by atoms with van der Waals surface area (Å²) in [5.41, 5.74) is 0.908. The largest absolute Gasteiger partial charge is 0.370 e. The lowest BCUT2D eigenvalue weighted by Crippen LogP contribution is -2.35. The first-order valence-corrected chi connectivity index (χ1v) is 7.42. The fourth-order valence-corrected chi connectivity index (χ4v) is 2.56. The van der Waals surface area contributed by atoms with E-state index in [1.165, 1.54) is 17.5 Å². The highest BCUT2D eigenvalue weighted by Gasteiger charge is 2.17. The highest BCUT2D eigenvalue weighted by molar-refractivity contribution is 7.80. The summed E-state index contributed by atoms with van der Waals surface area (Å²) in [5.74, 6) is 1.37. The molecule has 5 heteroatoms. The van der Waals surface area contributed by atoms with Crippen molar-refractivity contribution in [3.8, 4) is 0 Å². The van der Waals surface area contributed by atoms with Gasteiger partial charge in [-0.15, -0.1) is 0 Å². The van der Waals surface area contributed by atoms with E-state index in [1.54, 1.807) is 12.3 Å². The molecule has 1 fully saturated rings. The van der Waals surface area contributed by atoms with Gasteiger partial charge in [0, 0.05) is 24.9 Å². The van der Waals surface area contributed by atoms with Gasteiger partial charge in [-0.2, -0.15) is 17.7 Å². The Morgan fingerprint density at radius 1 is 1.53 bits per heavy atom. The number of aromatic nitrogens is 2. The number of hydrogen-bond acceptors (Lipinski definition) is 4. The summed E-state index contributed by atoms with van der Waals surface area (Å²) < 4.78 is 1.47. The molecule has 0 aliphatic carbocycles. The van der Waals surface area contributed by atoms with Crippen LogP contribution in [0.4, 0.5) is 5.69 Å². The quantitative estimate of drug-likeness (QED) is 0.676. The SMILES string of the molecule is CC1CCCN(c2cnn(C/C=C/CS)c(=O)c2)C1. The minimum Gasteiger partial charge on any atom is -0.370 e. The number of thiol groups is 1. The van der Waals surface area contributed by atoms with Crippen LogP contribution in [0.3, 0.4) is 0 Å². The number of nitrogens with zero attached hydrogens (tertiary/aromatic N) is 3. The van der Waals surface area contributed by atoms with Crippen molar-refractivity contribution in [3.05, 3.63) is 34.8 Å². The molecule has 2 rings (SSSR count). The molecule has 1 aliphatic rings. The van der Waals surface area contributed by atoms with E-state index in [0.29, 0.717) is 18.2 Å². The Morgan fingerprint density at radius 3 is 3.05 bits per heavy atom. The molecular formula is C14H21N3OS. The van der Waals surface area contributed by atoms with Gasteiger partial charge in [-0.05, 0) is 18.8 Å². The van der Waals surface area contributed by atoms with Crippen LogP contribution in [-0.4, -0.2) is 28.6 Å². The fraction of sp³-hybridized carbons (Fsp3) is 0.571. The van der Waals surface area contributed by atoms with Crippen molar-refractivity contribution in [3.63, 3.8) is 0 Å². The van der Waals surface area contributed by atoms with Gasteiger partial charge in [0.25, 0.3) is 5.56 Å². The monoisotopic (exact) mass is 279 g/mol. The van der Waals surface area contributed by atoms with E-state index in [2.05, 4.69) is 29.6 Å². The molecule has 1 atom stereocenters. The van der Waals surface area contributed by atoms with Crippen molar-refractivity contribution in [2.24, 2.45) is 5.92 Å². The maximum Gasteiger partial charge on any atom is 0.269 e. The number of hydrogen-bond donors (Lipinski definition) is 1. The lowest BCUT2D eigenvalue weighted by molar-refractivity contribution is 0.445. The van der Waals surface area contributed by atoms with Gasteiger partial charge in [-0.3, -0.25) is 4.79 Å². The summed E-state index contributed by atoms with van der Waals surface area (Å²) in [7, 11) is 0. The molecule has 2 heterocycles. The third-order valence-corrected chi connectivity index (χ3v) is 3.64.